The van der Waals surface area contributed by atoms with Gasteiger partial charge in [-0.05, 0) is 144 Å². The SMILES string of the molecule is CC(C)(C)OC(=O)CCCCc1nc2cc(-c3cc(CSc4nc5ccc(OC(F)F)cc5[nH]4)on3)ccc2c(=O)n1-c1ccc(F)cc1.O=C(O)CCCCc1nc2cc(-c3cc(CSc4nc5ccc(OC(F)F)cc5[nH]4)on3)ccc2c(=O)n1-c1ccc(F)cc1. The highest BCUT2D eigenvalue weighted by Gasteiger charge is 2.21. The number of esters is 1. The van der Waals surface area contributed by atoms with E-state index in [1.807, 2.05) is 20.8 Å². The van der Waals surface area contributed by atoms with E-state index < -0.39 is 36.4 Å². The third-order valence-corrected chi connectivity index (χ3v) is 16.1. The third kappa shape index (κ3) is 16.3. The summed E-state index contributed by atoms with van der Waals surface area (Å²) in [7, 11) is 0. The van der Waals surface area contributed by atoms with Crippen molar-refractivity contribution >= 4 is 79.3 Å². The number of unbranched alkanes of at least 4 members (excludes halogenated alkanes) is 2. The van der Waals surface area contributed by atoms with Crippen LogP contribution in [-0.4, -0.2) is 85.2 Å². The van der Waals surface area contributed by atoms with Crippen LogP contribution in [0, 0.1) is 11.6 Å². The van der Waals surface area contributed by atoms with Crippen LogP contribution >= 0.6 is 23.5 Å². The van der Waals surface area contributed by atoms with Crippen LogP contribution in [0.2, 0.25) is 0 Å². The van der Waals surface area contributed by atoms with Gasteiger partial charge >= 0.3 is 25.2 Å². The molecule has 0 fully saturated rings. The van der Waals surface area contributed by atoms with E-state index in [2.05, 4.69) is 39.7 Å². The Kier molecular flexibility index (Phi) is 20.0. The number of H-pyrrole nitrogens is 2. The van der Waals surface area contributed by atoms with Crippen molar-refractivity contribution in [2.75, 3.05) is 0 Å². The van der Waals surface area contributed by atoms with Crippen LogP contribution in [0.5, 0.6) is 11.5 Å². The van der Waals surface area contributed by atoms with Gasteiger partial charge in [0.25, 0.3) is 11.1 Å². The van der Waals surface area contributed by atoms with Gasteiger partial charge in [-0.2, -0.15) is 17.6 Å². The molecule has 0 unspecified atom stereocenters. The van der Waals surface area contributed by atoms with Gasteiger partial charge in [-0.25, -0.2) is 28.7 Å². The smallest absolute Gasteiger partial charge is 0.387 e. The molecule has 6 heterocycles. The number of carbonyl (C=O) groups excluding carboxylic acids is 1. The van der Waals surface area contributed by atoms with E-state index in [-0.39, 0.29) is 41.4 Å². The average molecular weight is 1330 g/mol. The van der Waals surface area contributed by atoms with Gasteiger partial charge in [0.15, 0.2) is 10.3 Å². The molecule has 6 aromatic heterocycles. The number of rotatable bonds is 24. The van der Waals surface area contributed by atoms with Crippen molar-refractivity contribution in [3.63, 3.8) is 0 Å². The molecule has 0 aliphatic carbocycles. The number of carboxylic acids is 1. The zero-order valence-corrected chi connectivity index (χ0v) is 51.8. The summed E-state index contributed by atoms with van der Waals surface area (Å²) in [6.45, 7) is -0.393. The van der Waals surface area contributed by atoms with Gasteiger partial charge in [0.2, 0.25) is 0 Å². The van der Waals surface area contributed by atoms with Crippen molar-refractivity contribution in [3.8, 4) is 45.4 Å². The Bertz CT molecular complexity index is 4840. The number of fused-ring (bicyclic) bond motifs is 4. The van der Waals surface area contributed by atoms with Crippen LogP contribution in [0.3, 0.4) is 0 Å². The molecule has 0 aliphatic heterocycles. The van der Waals surface area contributed by atoms with Crippen LogP contribution in [-0.2, 0) is 38.7 Å². The fourth-order valence-corrected chi connectivity index (χ4v) is 11.6. The Morgan fingerprint density at radius 2 is 0.989 bits per heavy atom. The number of imidazole rings is 2. The van der Waals surface area contributed by atoms with Crippen LogP contribution in [0.4, 0.5) is 26.3 Å². The Hall–Kier alpha value is -10.2. The first-order valence-corrected chi connectivity index (χ1v) is 31.3. The number of aryl methyl sites for hydroxylation is 2. The summed E-state index contributed by atoms with van der Waals surface area (Å²) in [5, 5.41) is 19.2. The molecule has 12 aromatic rings. The van der Waals surface area contributed by atoms with Crippen molar-refractivity contribution in [3.05, 3.63) is 189 Å². The minimum absolute atomic E-state index is 0.00116. The number of thioether (sulfide) groups is 2. The van der Waals surface area contributed by atoms with Crippen LogP contribution < -0.4 is 20.6 Å². The number of aromatic nitrogens is 10. The maximum atomic E-state index is 13.8. The predicted octanol–water partition coefficient (Wildman–Crippen LogP) is 14.8. The Morgan fingerprint density at radius 3 is 1.40 bits per heavy atom. The maximum Gasteiger partial charge on any atom is 0.387 e. The summed E-state index contributed by atoms with van der Waals surface area (Å²) in [4.78, 5) is 75.3. The van der Waals surface area contributed by atoms with Crippen molar-refractivity contribution < 1.29 is 64.3 Å². The number of alkyl halides is 4. The van der Waals surface area contributed by atoms with Crippen LogP contribution in [0.15, 0.2) is 162 Å². The number of aromatic amines is 2. The minimum atomic E-state index is -2.92. The summed E-state index contributed by atoms with van der Waals surface area (Å²) in [6.07, 6.45) is 2.97. The first-order valence-electron chi connectivity index (χ1n) is 29.3. The van der Waals surface area contributed by atoms with E-state index in [0.717, 1.165) is 0 Å². The second kappa shape index (κ2) is 28.7. The number of hydrogen-bond donors (Lipinski definition) is 3. The van der Waals surface area contributed by atoms with E-state index in [4.69, 9.17) is 28.9 Å². The van der Waals surface area contributed by atoms with E-state index in [0.29, 0.717) is 161 Å². The summed E-state index contributed by atoms with van der Waals surface area (Å²) >= 11 is 2.69. The van der Waals surface area contributed by atoms with Crippen LogP contribution in [0.25, 0.3) is 77.8 Å². The summed E-state index contributed by atoms with van der Waals surface area (Å²) in [5.74, 6) is 0.787. The zero-order valence-electron chi connectivity index (χ0n) is 50.2. The molecule has 0 saturated heterocycles. The standard InChI is InChI=1S/C35H32F3N5O5S.C31H24F3N5O5S/c1-35(2,3)47-31(44)7-5-4-6-30-39-28-16-20(8-14-25(28)32(45)43(30)22-11-9-21(36)10-12-22)27-18-24(48-42-27)19-49-34-40-26-15-13-23(46-33(37)38)17-29(26)41-34;32-18-6-8-19(9-7-18)39-27(3-1-2-4-28(40)41)35-25-13-17(5-11-22(25)29(39)42)24-15-21(44-38-24)16-45-31-36-23-12-10-20(43-30(33)34)14-26(23)37-31/h8-18,33H,4-7,19H2,1-3H3,(H,40,41);5-15,30H,1-4,16H2,(H,36,37)(H,40,41). The minimum Gasteiger partial charge on any atom is -0.481 e. The van der Waals surface area contributed by atoms with Gasteiger partial charge in [-0.3, -0.25) is 28.3 Å². The molecule has 0 amide bonds. The van der Waals surface area contributed by atoms with Gasteiger partial charge in [-0.1, -0.05) is 46.0 Å². The van der Waals surface area contributed by atoms with Gasteiger partial charge in [0.1, 0.15) is 63.3 Å². The normalized spacial score (nSPS) is 11.7. The van der Waals surface area contributed by atoms with Gasteiger partial charge in [-0.15, -0.1) is 0 Å². The first kappa shape index (κ1) is 65.3. The quantitative estimate of drug-likeness (QED) is 0.0220. The molecule has 0 atom stereocenters. The molecule has 28 heteroatoms. The van der Waals surface area contributed by atoms with Gasteiger partial charge < -0.3 is 38.3 Å². The zero-order chi connectivity index (χ0) is 66.2. The monoisotopic (exact) mass is 1330 g/mol. The molecular formula is C66H56F6N10O10S2. The molecule has 20 nitrogen and oxygen atoms in total. The predicted molar refractivity (Wildman–Crippen MR) is 339 cm³/mol. The summed E-state index contributed by atoms with van der Waals surface area (Å²) in [5.41, 5.74) is 5.36. The molecule has 0 bridgehead atoms. The number of aliphatic carboxylic acids is 1. The van der Waals surface area contributed by atoms with Crippen LogP contribution in [0.1, 0.15) is 82.5 Å². The second-order valence-electron chi connectivity index (χ2n) is 22.3. The Morgan fingerprint density at radius 1 is 0.553 bits per heavy atom. The van der Waals surface area contributed by atoms with Crippen molar-refractivity contribution in [2.45, 2.75) is 113 Å². The highest BCUT2D eigenvalue weighted by atomic mass is 32.2. The lowest BCUT2D eigenvalue weighted by Crippen LogP contribution is -2.24. The number of nitrogens with zero attached hydrogens (tertiary/aromatic N) is 8. The van der Waals surface area contributed by atoms with E-state index in [1.165, 1.54) is 105 Å². The van der Waals surface area contributed by atoms with Crippen molar-refractivity contribution in [2.24, 2.45) is 0 Å². The molecule has 6 aromatic carbocycles. The lowest BCUT2D eigenvalue weighted by atomic mass is 10.1. The molecule has 0 spiro atoms. The fraction of sp³-hybridized carbons (Fsp3) is 0.242. The number of benzene rings is 6. The Balaban J connectivity index is 0.000000192. The average Bonchev–Trinajstić information content (AvgIpc) is 1.55. The van der Waals surface area contributed by atoms with E-state index in [1.54, 1.807) is 60.7 Å². The number of hydrogen-bond acceptors (Lipinski definition) is 17. The molecule has 3 N–H and O–H groups in total. The molecule has 94 heavy (non-hydrogen) atoms. The number of carboxylic acid groups (broad SMARTS) is 1. The molecule has 0 aliphatic rings. The Labute approximate surface area is 537 Å². The first-order chi connectivity index (χ1) is 45.1. The molecule has 0 radical (unpaired) electrons. The van der Waals surface area contributed by atoms with Gasteiger partial charge in [0.05, 0.1) is 66.8 Å². The number of nitrogens with one attached hydrogen (secondary N) is 2. The topological polar surface area (TPSA) is 261 Å². The molecule has 12 rings (SSSR count). The highest BCUT2D eigenvalue weighted by Crippen LogP contribution is 2.32. The summed E-state index contributed by atoms with van der Waals surface area (Å²) < 4.78 is 106. The lowest BCUT2D eigenvalue weighted by molar-refractivity contribution is -0.155. The second-order valence-corrected chi connectivity index (χ2v) is 24.2. The maximum absolute atomic E-state index is 13.8. The molecular weight excluding hydrogens is 1270 g/mol. The number of ether oxygens (including phenoxy) is 3. The highest BCUT2D eigenvalue weighted by molar-refractivity contribution is 7.98. The van der Waals surface area contributed by atoms with Crippen molar-refractivity contribution in [1.82, 2.24) is 49.4 Å². The fourth-order valence-electron chi connectivity index (χ4n) is 10.1. The van der Waals surface area contributed by atoms with E-state index in [9.17, 15) is 45.5 Å². The molecule has 484 valence electrons. The summed E-state index contributed by atoms with van der Waals surface area (Å²) in [6, 6.07) is 34.0. The number of carbonyl (C=O) groups is 2. The lowest BCUT2D eigenvalue weighted by Gasteiger charge is -2.19. The number of halogens is 6. The molecule has 0 saturated carbocycles. The van der Waals surface area contributed by atoms with Crippen molar-refractivity contribution in [1.29, 1.82) is 0 Å². The van der Waals surface area contributed by atoms with E-state index >= 15 is 0 Å². The largest absolute Gasteiger partial charge is 0.481 e. The third-order valence-electron chi connectivity index (χ3n) is 14.3. The van der Waals surface area contributed by atoms with Gasteiger partial charge in [0, 0.05) is 61.1 Å².